The first-order chi connectivity index (χ1) is 8.07. The molecular formula is C13H22N2OS. The molecule has 0 aromatic carbocycles. The maximum atomic E-state index is 5.87. The highest BCUT2D eigenvalue weighted by Crippen LogP contribution is 2.43. The van der Waals surface area contributed by atoms with E-state index in [9.17, 15) is 0 Å². The molecule has 1 aliphatic carbocycles. The molecule has 1 heterocycles. The summed E-state index contributed by atoms with van der Waals surface area (Å²) in [5.74, 6) is 0.714. The van der Waals surface area contributed by atoms with Gasteiger partial charge >= 0.3 is 0 Å². The van der Waals surface area contributed by atoms with Crippen LogP contribution in [0.2, 0.25) is 0 Å². The van der Waals surface area contributed by atoms with Crippen LogP contribution in [0.3, 0.4) is 0 Å². The fourth-order valence-electron chi connectivity index (χ4n) is 2.67. The molecule has 4 heteroatoms. The smallest absolute Gasteiger partial charge is 0.125 e. The fraction of sp³-hybridized carbons (Fsp3) is 0.769. The lowest BCUT2D eigenvalue weighted by atomic mass is 9.79. The van der Waals surface area contributed by atoms with E-state index in [0.29, 0.717) is 5.92 Å². The van der Waals surface area contributed by atoms with E-state index in [4.69, 9.17) is 10.5 Å². The van der Waals surface area contributed by atoms with Crippen molar-refractivity contribution in [2.24, 2.45) is 11.7 Å². The normalized spacial score (nSPS) is 31.4. The Balaban J connectivity index is 2.26. The van der Waals surface area contributed by atoms with Crippen LogP contribution >= 0.6 is 11.3 Å². The van der Waals surface area contributed by atoms with Crippen molar-refractivity contribution >= 4 is 11.3 Å². The van der Waals surface area contributed by atoms with E-state index in [1.54, 1.807) is 11.3 Å². The zero-order valence-corrected chi connectivity index (χ0v) is 11.7. The van der Waals surface area contributed by atoms with E-state index in [1.165, 1.54) is 12.8 Å². The predicted molar refractivity (Wildman–Crippen MR) is 71.0 cm³/mol. The Morgan fingerprint density at radius 1 is 1.65 bits per heavy atom. The number of hydrogen-bond donors (Lipinski definition) is 1. The zero-order valence-electron chi connectivity index (χ0n) is 10.9. The van der Waals surface area contributed by atoms with E-state index in [-0.39, 0.29) is 11.6 Å². The Hall–Kier alpha value is -0.450. The average Bonchev–Trinajstić information content (AvgIpc) is 2.78. The van der Waals surface area contributed by atoms with Gasteiger partial charge in [-0.3, -0.25) is 0 Å². The van der Waals surface area contributed by atoms with Crippen molar-refractivity contribution < 1.29 is 4.74 Å². The Morgan fingerprint density at radius 2 is 2.41 bits per heavy atom. The van der Waals surface area contributed by atoms with E-state index >= 15 is 0 Å². The van der Waals surface area contributed by atoms with Gasteiger partial charge in [0.25, 0.3) is 0 Å². The molecule has 0 bridgehead atoms. The van der Waals surface area contributed by atoms with Crippen LogP contribution in [0.4, 0.5) is 0 Å². The van der Waals surface area contributed by atoms with Crippen LogP contribution in [0, 0.1) is 5.92 Å². The molecule has 1 fully saturated rings. The Kier molecular flexibility index (Phi) is 3.85. The van der Waals surface area contributed by atoms with Gasteiger partial charge in [0.2, 0.25) is 0 Å². The quantitative estimate of drug-likeness (QED) is 0.901. The molecular weight excluding hydrogens is 232 g/mol. The minimum Gasteiger partial charge on any atom is -0.371 e. The van der Waals surface area contributed by atoms with Crippen molar-refractivity contribution in [3.05, 3.63) is 16.1 Å². The maximum absolute atomic E-state index is 5.87. The van der Waals surface area contributed by atoms with Crippen LogP contribution in [0.25, 0.3) is 0 Å². The fourth-order valence-corrected chi connectivity index (χ4v) is 3.82. The molecule has 0 radical (unpaired) electrons. The van der Waals surface area contributed by atoms with Crippen LogP contribution in [-0.4, -0.2) is 12.1 Å². The molecule has 1 saturated carbocycles. The summed E-state index contributed by atoms with van der Waals surface area (Å²) in [5, 5.41) is 3.18. The molecule has 0 spiro atoms. The number of hydrogen-bond acceptors (Lipinski definition) is 4. The van der Waals surface area contributed by atoms with Crippen molar-refractivity contribution in [2.75, 3.05) is 7.11 Å². The molecule has 2 rings (SSSR count). The van der Waals surface area contributed by atoms with Gasteiger partial charge in [-0.2, -0.15) is 0 Å². The van der Waals surface area contributed by atoms with Gasteiger partial charge in [0.15, 0.2) is 0 Å². The van der Waals surface area contributed by atoms with E-state index < -0.39 is 0 Å². The van der Waals surface area contributed by atoms with Crippen molar-refractivity contribution in [1.82, 2.24) is 4.98 Å². The summed E-state index contributed by atoms with van der Waals surface area (Å²) in [6, 6.07) is 0.00919. The zero-order chi connectivity index (χ0) is 12.5. The van der Waals surface area contributed by atoms with E-state index in [2.05, 4.69) is 17.3 Å². The monoisotopic (exact) mass is 254 g/mol. The Bertz CT molecular complexity index is 377. The summed E-state index contributed by atoms with van der Waals surface area (Å²) >= 11 is 1.69. The van der Waals surface area contributed by atoms with Crippen LogP contribution in [0.15, 0.2) is 5.38 Å². The number of rotatable bonds is 3. The largest absolute Gasteiger partial charge is 0.371 e. The van der Waals surface area contributed by atoms with Gasteiger partial charge in [0.05, 0.1) is 5.69 Å². The van der Waals surface area contributed by atoms with Crippen LogP contribution in [0.5, 0.6) is 0 Å². The van der Waals surface area contributed by atoms with E-state index in [1.807, 2.05) is 14.0 Å². The number of nitrogens with zero attached hydrogens (tertiary/aromatic N) is 1. The van der Waals surface area contributed by atoms with Crippen molar-refractivity contribution in [2.45, 2.75) is 51.2 Å². The molecule has 1 aromatic rings. The number of aromatic nitrogens is 1. The summed E-state index contributed by atoms with van der Waals surface area (Å²) in [6.07, 6.45) is 4.69. The highest BCUT2D eigenvalue weighted by atomic mass is 32.1. The SMILES string of the molecule is COC1(c2nc(C(C)N)cs2)CCCC(C)C1. The second kappa shape index (κ2) is 5.04. The molecule has 96 valence electrons. The third kappa shape index (κ3) is 2.54. The first-order valence-electron chi connectivity index (χ1n) is 6.34. The van der Waals surface area contributed by atoms with Gasteiger partial charge in [-0.05, 0) is 32.1 Å². The summed E-state index contributed by atoms with van der Waals surface area (Å²) < 4.78 is 5.84. The highest BCUT2D eigenvalue weighted by molar-refractivity contribution is 7.09. The topological polar surface area (TPSA) is 48.1 Å². The number of ether oxygens (including phenoxy) is 1. The lowest BCUT2D eigenvalue weighted by molar-refractivity contribution is -0.0581. The van der Waals surface area contributed by atoms with Gasteiger partial charge in [0, 0.05) is 18.5 Å². The first kappa shape index (κ1) is 13.0. The van der Waals surface area contributed by atoms with Gasteiger partial charge in [-0.25, -0.2) is 4.98 Å². The van der Waals surface area contributed by atoms with Crippen molar-refractivity contribution in [3.63, 3.8) is 0 Å². The van der Waals surface area contributed by atoms with Crippen LogP contribution in [0.1, 0.15) is 56.3 Å². The summed E-state index contributed by atoms with van der Waals surface area (Å²) in [6.45, 7) is 4.27. The van der Waals surface area contributed by atoms with Gasteiger partial charge < -0.3 is 10.5 Å². The standard InChI is InChI=1S/C13H22N2OS/c1-9-5-4-6-13(7-9,16-3)12-15-11(8-17-12)10(2)14/h8-10H,4-7,14H2,1-3H3. The highest BCUT2D eigenvalue weighted by Gasteiger charge is 2.39. The second-order valence-electron chi connectivity index (χ2n) is 5.27. The molecule has 3 unspecified atom stereocenters. The lowest BCUT2D eigenvalue weighted by Crippen LogP contribution is -2.34. The third-order valence-corrected chi connectivity index (χ3v) is 4.77. The molecule has 3 nitrogen and oxygen atoms in total. The van der Waals surface area contributed by atoms with Gasteiger partial charge in [-0.1, -0.05) is 13.3 Å². The molecule has 0 amide bonds. The van der Waals surface area contributed by atoms with Crippen molar-refractivity contribution in [3.8, 4) is 0 Å². The predicted octanol–water partition coefficient (Wildman–Crippen LogP) is 3.21. The lowest BCUT2D eigenvalue weighted by Gasteiger charge is -2.37. The number of nitrogens with two attached hydrogens (primary N) is 1. The minimum atomic E-state index is -0.157. The Labute approximate surface area is 107 Å². The second-order valence-corrected chi connectivity index (χ2v) is 6.12. The first-order valence-corrected chi connectivity index (χ1v) is 7.22. The summed E-state index contributed by atoms with van der Waals surface area (Å²) in [5.41, 5.74) is 6.70. The molecule has 1 aromatic heterocycles. The third-order valence-electron chi connectivity index (χ3n) is 3.72. The van der Waals surface area contributed by atoms with Crippen LogP contribution < -0.4 is 5.73 Å². The van der Waals surface area contributed by atoms with Gasteiger partial charge in [-0.15, -0.1) is 11.3 Å². The Morgan fingerprint density at radius 3 is 2.94 bits per heavy atom. The van der Waals surface area contributed by atoms with Crippen LogP contribution in [-0.2, 0) is 10.3 Å². The molecule has 0 saturated heterocycles. The van der Waals surface area contributed by atoms with Gasteiger partial charge in [0.1, 0.15) is 10.6 Å². The maximum Gasteiger partial charge on any atom is 0.125 e. The average molecular weight is 254 g/mol. The molecule has 1 aliphatic rings. The molecule has 0 aliphatic heterocycles. The van der Waals surface area contributed by atoms with Crippen molar-refractivity contribution in [1.29, 1.82) is 0 Å². The number of methoxy groups -OCH3 is 1. The summed E-state index contributed by atoms with van der Waals surface area (Å²) in [4.78, 5) is 4.68. The molecule has 17 heavy (non-hydrogen) atoms. The van der Waals surface area contributed by atoms with E-state index in [0.717, 1.165) is 23.5 Å². The molecule has 2 N–H and O–H groups in total. The minimum absolute atomic E-state index is 0.00919. The molecule has 3 atom stereocenters. The summed E-state index contributed by atoms with van der Waals surface area (Å²) in [7, 11) is 1.81. The number of thiazole rings is 1.